The lowest BCUT2D eigenvalue weighted by Gasteiger charge is -2.19. The van der Waals surface area contributed by atoms with Crippen LogP contribution in [0.25, 0.3) is 0 Å². The molecule has 2 aromatic carbocycles. The average molecular weight is 283 g/mol. The molecule has 0 aromatic heterocycles. The van der Waals surface area contributed by atoms with Gasteiger partial charge in [-0.1, -0.05) is 49.7 Å². The summed E-state index contributed by atoms with van der Waals surface area (Å²) in [7, 11) is 3.72. The maximum Gasteiger partial charge on any atom is 0.122 e. The third kappa shape index (κ3) is 3.64. The molecule has 0 spiro atoms. The number of rotatable bonds is 6. The summed E-state index contributed by atoms with van der Waals surface area (Å²) in [6, 6.07) is 15.5. The van der Waals surface area contributed by atoms with Crippen LogP contribution in [0.15, 0.2) is 42.5 Å². The Morgan fingerprint density at radius 1 is 1.05 bits per heavy atom. The Bertz CT molecular complexity index is 575. The molecular weight excluding hydrogens is 258 g/mol. The zero-order chi connectivity index (χ0) is 15.2. The molecule has 0 saturated heterocycles. The predicted molar refractivity (Wildman–Crippen MR) is 89.1 cm³/mol. The summed E-state index contributed by atoms with van der Waals surface area (Å²) in [5.41, 5.74) is 5.07. The van der Waals surface area contributed by atoms with E-state index < -0.39 is 0 Å². The van der Waals surface area contributed by atoms with Crippen LogP contribution in [0.2, 0.25) is 0 Å². The average Bonchev–Trinajstić information content (AvgIpc) is 2.51. The summed E-state index contributed by atoms with van der Waals surface area (Å²) >= 11 is 0. The second kappa shape index (κ2) is 7.28. The molecule has 112 valence electrons. The minimum absolute atomic E-state index is 0.190. The fraction of sp³-hybridized carbons (Fsp3) is 0.368. The van der Waals surface area contributed by atoms with Crippen LogP contribution in [0.1, 0.15) is 41.6 Å². The van der Waals surface area contributed by atoms with E-state index in [1.54, 1.807) is 7.11 Å². The molecule has 0 saturated carbocycles. The first-order chi connectivity index (χ1) is 10.2. The highest BCUT2D eigenvalue weighted by atomic mass is 16.5. The van der Waals surface area contributed by atoms with Crippen LogP contribution in [0.4, 0.5) is 0 Å². The van der Waals surface area contributed by atoms with Crippen LogP contribution >= 0.6 is 0 Å². The number of ether oxygens (including phenoxy) is 1. The van der Waals surface area contributed by atoms with Crippen molar-refractivity contribution in [1.82, 2.24) is 5.32 Å². The third-order valence-electron chi connectivity index (χ3n) is 3.91. The molecule has 1 N–H and O–H groups in total. The van der Waals surface area contributed by atoms with Gasteiger partial charge in [0.05, 0.1) is 13.2 Å². The van der Waals surface area contributed by atoms with E-state index in [9.17, 15) is 0 Å². The van der Waals surface area contributed by atoms with E-state index in [-0.39, 0.29) is 6.04 Å². The van der Waals surface area contributed by atoms with Gasteiger partial charge < -0.3 is 10.1 Å². The van der Waals surface area contributed by atoms with Gasteiger partial charge >= 0.3 is 0 Å². The highest BCUT2D eigenvalue weighted by Gasteiger charge is 2.13. The zero-order valence-electron chi connectivity index (χ0n) is 13.4. The first kappa shape index (κ1) is 15.6. The maximum atomic E-state index is 5.44. The van der Waals surface area contributed by atoms with Gasteiger partial charge in [0, 0.05) is 0 Å². The summed E-state index contributed by atoms with van der Waals surface area (Å²) in [5.74, 6) is 0.940. The van der Waals surface area contributed by atoms with Crippen LogP contribution < -0.4 is 10.1 Å². The Balaban J connectivity index is 2.30. The van der Waals surface area contributed by atoms with Crippen LogP contribution in [0, 0.1) is 6.92 Å². The van der Waals surface area contributed by atoms with Gasteiger partial charge in [0.25, 0.3) is 0 Å². The van der Waals surface area contributed by atoms with Crippen molar-refractivity contribution in [2.45, 2.75) is 32.7 Å². The van der Waals surface area contributed by atoms with Crippen molar-refractivity contribution in [3.63, 3.8) is 0 Å². The molecular formula is C19H25NO. The quantitative estimate of drug-likeness (QED) is 0.855. The summed E-state index contributed by atoms with van der Waals surface area (Å²) in [4.78, 5) is 0. The molecule has 0 heterocycles. The van der Waals surface area contributed by atoms with Gasteiger partial charge in [0.15, 0.2) is 0 Å². The van der Waals surface area contributed by atoms with Gasteiger partial charge in [-0.25, -0.2) is 0 Å². The predicted octanol–water partition coefficient (Wildman–Crippen LogP) is 4.26. The lowest BCUT2D eigenvalue weighted by atomic mass is 9.96. The monoisotopic (exact) mass is 283 g/mol. The molecule has 21 heavy (non-hydrogen) atoms. The molecule has 0 aliphatic rings. The number of nitrogens with one attached hydrogen (secondary N) is 1. The van der Waals surface area contributed by atoms with Gasteiger partial charge in [-0.2, -0.15) is 0 Å². The minimum atomic E-state index is 0.190. The fourth-order valence-corrected chi connectivity index (χ4v) is 2.71. The number of hydrogen-bond donors (Lipinski definition) is 1. The van der Waals surface area contributed by atoms with Crippen molar-refractivity contribution < 1.29 is 4.74 Å². The zero-order valence-corrected chi connectivity index (χ0v) is 13.4. The topological polar surface area (TPSA) is 21.3 Å². The van der Waals surface area contributed by atoms with E-state index in [0.29, 0.717) is 0 Å². The van der Waals surface area contributed by atoms with Crippen molar-refractivity contribution in [2.24, 2.45) is 0 Å². The molecule has 2 nitrogen and oxygen atoms in total. The molecule has 2 aromatic rings. The summed E-state index contributed by atoms with van der Waals surface area (Å²) in [6.45, 7) is 4.28. The van der Waals surface area contributed by atoms with E-state index in [1.807, 2.05) is 7.05 Å². The normalized spacial score (nSPS) is 12.2. The lowest BCUT2D eigenvalue weighted by molar-refractivity contribution is 0.410. The molecule has 0 aliphatic carbocycles. The van der Waals surface area contributed by atoms with Crippen LogP contribution in [0.3, 0.4) is 0 Å². The van der Waals surface area contributed by atoms with Crippen LogP contribution in [0.5, 0.6) is 5.75 Å². The highest BCUT2D eigenvalue weighted by Crippen LogP contribution is 2.27. The van der Waals surface area contributed by atoms with Crippen LogP contribution in [-0.2, 0) is 6.42 Å². The van der Waals surface area contributed by atoms with Crippen molar-refractivity contribution in [3.8, 4) is 5.75 Å². The molecule has 0 aliphatic heterocycles. The summed E-state index contributed by atoms with van der Waals surface area (Å²) in [5, 5.41) is 3.40. The van der Waals surface area contributed by atoms with Gasteiger partial charge in [0.2, 0.25) is 0 Å². The number of benzene rings is 2. The van der Waals surface area contributed by atoms with Crippen LogP contribution in [-0.4, -0.2) is 14.2 Å². The number of aryl methyl sites for hydroxylation is 2. The Morgan fingerprint density at radius 3 is 2.29 bits per heavy atom. The fourth-order valence-electron chi connectivity index (χ4n) is 2.71. The standard InChI is InChI=1S/C19H25NO/c1-5-6-15-8-11-16(12-9-15)19(20-3)17-10-7-14(2)18(13-17)21-4/h7-13,19-20H,5-6H2,1-4H3. The highest BCUT2D eigenvalue weighted by molar-refractivity contribution is 5.41. The Hall–Kier alpha value is -1.80. The molecule has 0 bridgehead atoms. The molecule has 0 radical (unpaired) electrons. The van der Waals surface area contributed by atoms with Crippen molar-refractivity contribution in [1.29, 1.82) is 0 Å². The van der Waals surface area contributed by atoms with E-state index >= 15 is 0 Å². The van der Waals surface area contributed by atoms with Gasteiger partial charge in [-0.3, -0.25) is 0 Å². The van der Waals surface area contributed by atoms with Crippen molar-refractivity contribution in [2.75, 3.05) is 14.2 Å². The number of methoxy groups -OCH3 is 1. The second-order valence-electron chi connectivity index (χ2n) is 5.44. The van der Waals surface area contributed by atoms with Gasteiger partial charge in [0.1, 0.15) is 5.75 Å². The largest absolute Gasteiger partial charge is 0.496 e. The summed E-state index contributed by atoms with van der Waals surface area (Å²) < 4.78 is 5.44. The van der Waals surface area contributed by atoms with E-state index in [4.69, 9.17) is 4.74 Å². The van der Waals surface area contributed by atoms with Gasteiger partial charge in [-0.05, 0) is 48.7 Å². The van der Waals surface area contributed by atoms with Crippen molar-refractivity contribution in [3.05, 3.63) is 64.7 Å². The molecule has 1 atom stereocenters. The summed E-state index contributed by atoms with van der Waals surface area (Å²) in [6.07, 6.45) is 2.33. The second-order valence-corrected chi connectivity index (χ2v) is 5.44. The number of hydrogen-bond acceptors (Lipinski definition) is 2. The van der Waals surface area contributed by atoms with Gasteiger partial charge in [-0.15, -0.1) is 0 Å². The Labute approximate surface area is 128 Å². The smallest absolute Gasteiger partial charge is 0.122 e. The van der Waals surface area contributed by atoms with Crippen molar-refractivity contribution >= 4 is 0 Å². The Kier molecular flexibility index (Phi) is 5.40. The SMILES string of the molecule is CCCc1ccc(C(NC)c2ccc(C)c(OC)c2)cc1. The minimum Gasteiger partial charge on any atom is -0.496 e. The maximum absolute atomic E-state index is 5.44. The first-order valence-corrected chi connectivity index (χ1v) is 7.60. The van der Waals surface area contributed by atoms with E-state index in [1.165, 1.54) is 23.1 Å². The molecule has 2 heteroatoms. The molecule has 2 rings (SSSR count). The van der Waals surface area contributed by atoms with E-state index in [0.717, 1.165) is 17.7 Å². The lowest BCUT2D eigenvalue weighted by Crippen LogP contribution is -2.17. The molecule has 1 unspecified atom stereocenters. The third-order valence-corrected chi connectivity index (χ3v) is 3.91. The Morgan fingerprint density at radius 2 is 1.71 bits per heavy atom. The van der Waals surface area contributed by atoms with E-state index in [2.05, 4.69) is 61.6 Å². The first-order valence-electron chi connectivity index (χ1n) is 7.60. The molecule has 0 amide bonds. The molecule has 0 fully saturated rings.